The van der Waals surface area contributed by atoms with Gasteiger partial charge >= 0.3 is 11.6 Å². The predicted octanol–water partition coefficient (Wildman–Crippen LogP) is 3.29. The number of rotatable bonds is 15. The Kier molecular flexibility index (Phi) is 13.4. The Balaban J connectivity index is 0.00000592. The van der Waals surface area contributed by atoms with Crippen LogP contribution in [0.4, 0.5) is 10.9 Å². The quantitative estimate of drug-likeness (QED) is 0.0261. The van der Waals surface area contributed by atoms with E-state index in [4.69, 9.17) is 25.0 Å². The fourth-order valence-corrected chi connectivity index (χ4v) is 10.8. The third-order valence-corrected chi connectivity index (χ3v) is 13.7. The number of ether oxygens (including phenoxy) is 2. The van der Waals surface area contributed by atoms with Crippen molar-refractivity contribution in [1.82, 2.24) is 24.8 Å². The normalized spacial score (nSPS) is 16.9. The highest BCUT2D eigenvalue weighted by Gasteiger charge is 2.58. The molecule has 15 nitrogen and oxygen atoms in total. The van der Waals surface area contributed by atoms with Crippen LogP contribution in [-0.4, -0.2) is 63.1 Å². The maximum absolute atomic E-state index is 14.8. The van der Waals surface area contributed by atoms with Gasteiger partial charge in [-0.2, -0.15) is 0 Å². The Bertz CT molecular complexity index is 2850. The molecule has 18 heteroatoms. The van der Waals surface area contributed by atoms with Crippen molar-refractivity contribution >= 4 is 63.7 Å². The standard InChI is InChI=1S/C48H43N9O6S2.HI/c1-31-25-41-55(24-23-39(49)57(41)54-31)28-37-44(45(60)63-29-32-19-21-36(61-2)22-20-32)56-42(59)26-43(56)65-48(37,52-40(58)27-50-62-3)38-30-64-46(51-38)53-47(33-13-7-4-8-14-33,34-15-9-5-10-16-34)35-17-11-6-12-18-35;/h4-25,27,30,43,49H,26,28-29H2,1-3H3,(H2,51,52,53,58);1H/t43-,48?;/m0./s1. The second-order valence-corrected chi connectivity index (χ2v) is 17.6. The molecule has 0 spiro atoms. The molecule has 4 aromatic carbocycles. The number of hydrogen-bond donors (Lipinski definition) is 3. The van der Waals surface area contributed by atoms with Crippen molar-refractivity contribution in [2.45, 2.75) is 42.3 Å². The number of anilines is 2. The third kappa shape index (κ3) is 8.58. The number of hydrogen-bond acceptors (Lipinski definition) is 13. The zero-order valence-corrected chi connectivity index (χ0v) is 39.8. The van der Waals surface area contributed by atoms with Gasteiger partial charge in [-0.05, 0) is 41.3 Å². The summed E-state index contributed by atoms with van der Waals surface area (Å²) in [5, 5.41) is 17.2. The molecule has 5 heterocycles. The molecule has 336 valence electrons. The minimum atomic E-state index is -1.60. The summed E-state index contributed by atoms with van der Waals surface area (Å²) in [6.07, 6.45) is 2.88. The van der Waals surface area contributed by atoms with Crippen LogP contribution in [-0.2, 0) is 47.5 Å². The fraction of sp³-hybridized carbons (Fsp3) is 0.188. The smallest absolute Gasteiger partial charge is 0.355 e. The van der Waals surface area contributed by atoms with E-state index >= 15 is 0 Å². The first-order chi connectivity index (χ1) is 31.6. The van der Waals surface area contributed by atoms with Gasteiger partial charge in [-0.15, -0.1) is 11.3 Å². The molecule has 4 N–H and O–H groups in total. The first-order valence-electron chi connectivity index (χ1n) is 20.6. The van der Waals surface area contributed by atoms with Crippen molar-refractivity contribution in [1.29, 1.82) is 0 Å². The van der Waals surface area contributed by atoms with E-state index in [0.29, 0.717) is 44.9 Å². The van der Waals surface area contributed by atoms with E-state index < -0.39 is 27.7 Å². The summed E-state index contributed by atoms with van der Waals surface area (Å²) >= 11 is 2.64. The summed E-state index contributed by atoms with van der Waals surface area (Å²) < 4.78 is 14.8. The largest absolute Gasteiger partial charge is 1.00 e. The Labute approximate surface area is 405 Å². The first kappa shape index (κ1) is 45.8. The number of aryl methyl sites for hydroxylation is 1. The summed E-state index contributed by atoms with van der Waals surface area (Å²) in [5.74, 6) is -0.639. The van der Waals surface area contributed by atoms with Gasteiger partial charge in [0.05, 0.1) is 42.6 Å². The number of nitrogens with two attached hydrogens (primary N) is 1. The number of methoxy groups -OCH3 is 1. The Morgan fingerprint density at radius 3 is 2.18 bits per heavy atom. The SMILES string of the molecule is CON=CC(=O)NC1(c2csc(NC(c3ccccc3)(c3ccccc3)c3ccccc3)n2)S[C@H]2CC(=O)N2C(C(=O)OCc2ccc(OC)cc2)=C1C[n+]1ccc(N)n2nc(C)cc21.[I-]. The molecule has 1 unspecified atom stereocenters. The van der Waals surface area contributed by atoms with Crippen LogP contribution >= 0.6 is 23.1 Å². The maximum atomic E-state index is 14.8. The van der Waals surface area contributed by atoms with E-state index in [1.165, 1.54) is 35.1 Å². The molecule has 66 heavy (non-hydrogen) atoms. The van der Waals surface area contributed by atoms with Crippen molar-refractivity contribution in [3.05, 3.63) is 184 Å². The number of carbonyl (C=O) groups is 3. The van der Waals surface area contributed by atoms with Crippen molar-refractivity contribution in [3.63, 3.8) is 0 Å². The van der Waals surface area contributed by atoms with Crippen molar-refractivity contribution < 1.29 is 57.2 Å². The van der Waals surface area contributed by atoms with Gasteiger partial charge in [-0.1, -0.05) is 130 Å². The summed E-state index contributed by atoms with van der Waals surface area (Å²) in [7, 11) is 2.91. The molecule has 2 amide bonds. The van der Waals surface area contributed by atoms with E-state index in [9.17, 15) is 14.4 Å². The third-order valence-electron chi connectivity index (χ3n) is 11.4. The van der Waals surface area contributed by atoms with Crippen molar-refractivity contribution in [2.75, 3.05) is 25.3 Å². The topological polar surface area (TPSA) is 179 Å². The lowest BCUT2D eigenvalue weighted by Gasteiger charge is -2.51. The van der Waals surface area contributed by atoms with Crippen LogP contribution in [0.15, 0.2) is 155 Å². The molecule has 2 aliphatic rings. The van der Waals surface area contributed by atoms with E-state index in [1.54, 1.807) is 48.2 Å². The van der Waals surface area contributed by atoms with E-state index in [0.717, 1.165) is 22.9 Å². The number of halogens is 1. The molecule has 2 atom stereocenters. The highest BCUT2D eigenvalue weighted by molar-refractivity contribution is 8.01. The van der Waals surface area contributed by atoms with Crippen LogP contribution < -0.4 is 49.6 Å². The van der Waals surface area contributed by atoms with Gasteiger partial charge in [0.15, 0.2) is 10.0 Å². The van der Waals surface area contributed by atoms with Crippen LogP contribution in [0, 0.1) is 6.92 Å². The second-order valence-electron chi connectivity index (χ2n) is 15.3. The first-order valence-corrected chi connectivity index (χ1v) is 22.4. The highest BCUT2D eigenvalue weighted by Crippen LogP contribution is 2.55. The zero-order chi connectivity index (χ0) is 45.1. The number of fused-ring (bicyclic) bond motifs is 2. The predicted molar refractivity (Wildman–Crippen MR) is 247 cm³/mol. The lowest BCUT2D eigenvalue weighted by molar-refractivity contribution is -0.667. The minimum Gasteiger partial charge on any atom is -1.00 e. The second kappa shape index (κ2) is 19.4. The molecular weight excluding hydrogens is 990 g/mol. The summed E-state index contributed by atoms with van der Waals surface area (Å²) in [6.45, 7) is 1.70. The molecule has 7 aromatic rings. The number of esters is 1. The van der Waals surface area contributed by atoms with Crippen molar-refractivity contribution in [3.8, 4) is 5.75 Å². The Morgan fingerprint density at radius 1 is 0.955 bits per heavy atom. The molecule has 1 saturated heterocycles. The number of nitrogens with zero attached hydrogens (tertiary/aromatic N) is 6. The number of thioether (sulfide) groups is 1. The molecule has 0 bridgehead atoms. The molecule has 0 saturated carbocycles. The van der Waals surface area contributed by atoms with Gasteiger partial charge in [0.1, 0.15) is 43.5 Å². The average Bonchev–Trinajstić information content (AvgIpc) is 3.99. The van der Waals surface area contributed by atoms with Gasteiger partial charge in [-0.25, -0.2) is 14.3 Å². The lowest BCUT2D eigenvalue weighted by atomic mass is 9.77. The Morgan fingerprint density at radius 2 is 1.59 bits per heavy atom. The van der Waals surface area contributed by atoms with Crippen LogP contribution in [0.2, 0.25) is 0 Å². The minimum absolute atomic E-state index is 0. The number of nitrogens with one attached hydrogen (secondary N) is 2. The molecule has 3 aromatic heterocycles. The molecule has 0 aliphatic carbocycles. The summed E-state index contributed by atoms with van der Waals surface area (Å²) in [4.78, 5) is 52.8. The number of aromatic nitrogens is 4. The van der Waals surface area contributed by atoms with Gasteiger partial charge in [0.25, 0.3) is 5.91 Å². The van der Waals surface area contributed by atoms with E-state index in [1.807, 2.05) is 77.5 Å². The summed E-state index contributed by atoms with van der Waals surface area (Å²) in [5.41, 5.74) is 11.1. The van der Waals surface area contributed by atoms with Gasteiger partial charge in [-0.3, -0.25) is 14.5 Å². The number of β-lactam (4-membered cyclic amide) rings is 1. The van der Waals surface area contributed by atoms with E-state index in [-0.39, 0.29) is 55.2 Å². The van der Waals surface area contributed by atoms with Crippen LogP contribution in [0.25, 0.3) is 5.65 Å². The van der Waals surface area contributed by atoms with E-state index in [2.05, 4.69) is 57.3 Å². The molecule has 1 fully saturated rings. The zero-order valence-electron chi connectivity index (χ0n) is 36.0. The van der Waals surface area contributed by atoms with Gasteiger partial charge in [0.2, 0.25) is 11.7 Å². The summed E-state index contributed by atoms with van der Waals surface area (Å²) in [6, 6.07) is 41.1. The lowest BCUT2D eigenvalue weighted by Crippen LogP contribution is -3.00. The molecule has 2 aliphatic heterocycles. The number of carbonyl (C=O) groups excluding carboxylic acids is 3. The number of amides is 2. The molecule has 0 radical (unpaired) electrons. The number of oxime groups is 1. The number of nitrogen functional groups attached to an aromatic ring is 1. The number of thiazole rings is 1. The average molecular weight is 1030 g/mol. The van der Waals surface area contributed by atoms with Crippen LogP contribution in [0.3, 0.4) is 0 Å². The number of benzene rings is 4. The molecular formula is C48H44IN9O6S2. The maximum Gasteiger partial charge on any atom is 0.355 e. The van der Waals surface area contributed by atoms with Gasteiger partial charge in [0, 0.05) is 17.0 Å². The molecule has 9 rings (SSSR count). The Hall–Kier alpha value is -6.77. The highest BCUT2D eigenvalue weighted by atomic mass is 127. The van der Waals surface area contributed by atoms with Crippen molar-refractivity contribution in [2.24, 2.45) is 5.16 Å². The van der Waals surface area contributed by atoms with Gasteiger partial charge < -0.3 is 54.7 Å². The fourth-order valence-electron chi connectivity index (χ4n) is 8.31. The van der Waals surface area contributed by atoms with Crippen LogP contribution in [0.1, 0.15) is 40.1 Å². The van der Waals surface area contributed by atoms with Crippen LogP contribution in [0.5, 0.6) is 5.75 Å². The monoisotopic (exact) mass is 1030 g/mol.